The lowest BCUT2D eigenvalue weighted by atomic mass is 10.0. The lowest BCUT2D eigenvalue weighted by Gasteiger charge is -2.33. The Kier molecular flexibility index (Phi) is 51.9. The van der Waals surface area contributed by atoms with E-state index in [1.807, 2.05) is 6.92 Å². The maximum Gasteiger partial charge on any atom is 0.303 e. The average molecular weight is 2080 g/mol. The third-order valence-corrected chi connectivity index (χ3v) is 27.7. The van der Waals surface area contributed by atoms with Gasteiger partial charge in [-0.25, -0.2) is 0 Å². The van der Waals surface area contributed by atoms with Crippen LogP contribution in [-0.4, -0.2) is 326 Å². The van der Waals surface area contributed by atoms with Gasteiger partial charge in [-0.1, -0.05) is 123 Å². The summed E-state index contributed by atoms with van der Waals surface area (Å²) < 4.78 is 0. The van der Waals surface area contributed by atoms with E-state index in [4.69, 9.17) is 49.8 Å². The summed E-state index contributed by atoms with van der Waals surface area (Å²) in [7, 11) is 1.93. The number of halogens is 1. The maximum absolute atomic E-state index is 15.7. The van der Waals surface area contributed by atoms with Crippen molar-refractivity contribution in [3.63, 3.8) is 0 Å². The van der Waals surface area contributed by atoms with Crippen LogP contribution in [0, 0.1) is 17.2 Å². The molecule has 46 nitrogen and oxygen atoms in total. The summed E-state index contributed by atoms with van der Waals surface area (Å²) in [6.45, 7) is 11.9. The highest BCUT2D eigenvalue weighted by molar-refractivity contribution is 8.76. The quantitative estimate of drug-likeness (QED) is 0.0150. The number of rotatable bonds is 39. The van der Waals surface area contributed by atoms with Gasteiger partial charge in [0.05, 0.1) is 6.61 Å². The molecule has 0 aromatic heterocycles. The highest BCUT2D eigenvalue weighted by Gasteiger charge is 2.48. The van der Waals surface area contributed by atoms with Gasteiger partial charge in [0, 0.05) is 82.4 Å². The number of nitrogens with zero attached hydrogens (tertiary/aromatic N) is 4. The summed E-state index contributed by atoms with van der Waals surface area (Å²) in [6, 6.07) is -9.66. The first-order valence-electron chi connectivity index (χ1n) is 49.4. The van der Waals surface area contributed by atoms with Gasteiger partial charge in [0.15, 0.2) is 5.96 Å². The number of nitrogens with one attached hydrogen (secondary N) is 15. The van der Waals surface area contributed by atoms with Gasteiger partial charge in [-0.15, -0.1) is 0 Å². The van der Waals surface area contributed by atoms with Gasteiger partial charge >= 0.3 is 5.97 Å². The Bertz CT molecular complexity index is 4740. The summed E-state index contributed by atoms with van der Waals surface area (Å²) in [5.74, 6) is -19.1. The summed E-state index contributed by atoms with van der Waals surface area (Å²) in [4.78, 5) is 290. The number of carboxylic acids is 2. The van der Waals surface area contributed by atoms with Gasteiger partial charge in [0.1, 0.15) is 103 Å². The molecule has 0 aliphatic carbocycles. The molecule has 5 aliphatic rings. The number of unbranched alkanes of at least 4 members (excludes halogenated alkanes) is 3. The molecule has 0 unspecified atom stereocenters. The number of likely N-dealkylation sites (tertiary alicyclic amines) is 3. The zero-order valence-corrected chi connectivity index (χ0v) is 85.6. The van der Waals surface area contributed by atoms with E-state index in [0.717, 1.165) is 28.5 Å². The van der Waals surface area contributed by atoms with Crippen LogP contribution in [0.1, 0.15) is 214 Å². The third kappa shape index (κ3) is 39.5. The SMILES string of the molecule is CC(=O)O.CCCC[C@@H]1NC(=O)[C@H](CCCCN)NC(=O)[C@@H](CCCNC(=N)N)NC(=O)[C@H](CC(C)C)NC(=O)[C@@H](NC(=O)[C@H](Cc2cccc(Cl)c2)NC(=O)[C@@H]2CCCN2C(=O)[C@@H](NC(C)=O)C(C)C)CCSSC[C@@H](C(=O)N[C@@H](CCCCN)C(=O)N2CCC[C@H]2C(=O)N2CCC[C@H]2C(=O)N[C@H](CCC(=O)O)C(N)=O)NC(=O)[C@H](Cc2ccccc2)NC(=O)[C@@H](CO)NC(=O)[C@H](C)NC(=O)[C@@H]2CCCN2C1=O. The molecule has 0 radical (unpaired) electrons. The first-order valence-corrected chi connectivity index (χ1v) is 52.2. The minimum Gasteiger partial charge on any atom is -0.481 e. The van der Waals surface area contributed by atoms with Gasteiger partial charge in [0.25, 0.3) is 5.97 Å². The van der Waals surface area contributed by atoms with Crippen LogP contribution in [-0.2, 0) is 109 Å². The number of nitrogens with two attached hydrogens (primary N) is 4. The zero-order chi connectivity index (χ0) is 107. The number of amides is 18. The van der Waals surface area contributed by atoms with Crippen molar-refractivity contribution < 1.29 is 111 Å². The van der Waals surface area contributed by atoms with Crippen LogP contribution in [0.25, 0.3) is 0 Å². The standard InChI is InChI=1S/C93H144ClN23O21S2.C2H4O2/c1-8-9-27-63-89(135)114-41-19-31-70(114)86(132)101-54(6)77(123)112-68(50-118)84(130)110-66(48-56-23-11-10-12-24-56)83(129)113-69(85(131)108-64(29-14-16-39-96)90(136)117-44-22-34-73(117)91(137)115-42-20-32-71(115)87(133)103-59(76(97)122)35-36-74(120)121)51-140-139-45-37-62(80(126)109-65(46-52(2)3)81(127)105-61(30-18-40-100-93(98)99)78(124)104-60(79(125)107-63)28-13-15-38-95)106-82(128)67(49-57-25-17-26-58(94)47-57)111-88(134)72-33-21-43-116(72)92(138)75(53(4)5)102-55(7)119;1-2(3)4/h10-12,17,23-26,47,52-54,59-73,75,118H,8-9,13-16,18-22,27-46,48-51,95-96H2,1-7H3,(H2,97,122)(H,101,132)(H,102,119)(H,103,133)(H,104,124)(H,105,127)(H,106,128)(H,107,125)(H,108,131)(H,109,126)(H,110,130)(H,111,134)(H,112,123)(H,113,129)(H,120,121)(H4,98,99,100);1H3,(H,3,4)/t54-,59+,60-,61+,62-,63-,64-,65-,66-,67-,68+,69-,70-,71-,72-,73-,75-;/m0./s1. The van der Waals surface area contributed by atoms with Crippen molar-refractivity contribution in [2.45, 2.75) is 319 Å². The maximum atomic E-state index is 15.7. The van der Waals surface area contributed by atoms with Crippen LogP contribution < -0.4 is 97.4 Å². The molecule has 0 bridgehead atoms. The highest BCUT2D eigenvalue weighted by Crippen LogP contribution is 2.30. The normalized spacial score (nSPS) is 23.6. The van der Waals surface area contributed by atoms with Crippen molar-refractivity contribution in [1.82, 2.24) is 94.0 Å². The molecule has 18 amide bonds. The lowest BCUT2D eigenvalue weighted by Crippen LogP contribution is -2.61. The summed E-state index contributed by atoms with van der Waals surface area (Å²) >= 11 is 6.54. The Labute approximate surface area is 851 Å². The minimum absolute atomic E-state index is 0.00894. The molecule has 0 spiro atoms. The van der Waals surface area contributed by atoms with E-state index in [0.29, 0.717) is 56.1 Å². The number of benzene rings is 2. The van der Waals surface area contributed by atoms with Crippen LogP contribution in [0.3, 0.4) is 0 Å². The molecular weight excluding hydrogens is 1930 g/mol. The Hall–Kier alpha value is -12.0. The molecular formula is C95H148ClN23O23S2. The second-order valence-corrected chi connectivity index (χ2v) is 40.4. The molecule has 26 N–H and O–H groups in total. The summed E-state index contributed by atoms with van der Waals surface area (Å²) in [5.41, 5.74) is 24.1. The molecule has 5 heterocycles. The van der Waals surface area contributed by atoms with Gasteiger partial charge < -0.3 is 132 Å². The second kappa shape index (κ2) is 62.0. The van der Waals surface area contributed by atoms with Crippen LogP contribution in [0.4, 0.5) is 0 Å². The van der Waals surface area contributed by atoms with Crippen molar-refractivity contribution in [2.75, 3.05) is 63.9 Å². The van der Waals surface area contributed by atoms with Crippen LogP contribution >= 0.6 is 33.2 Å². The van der Waals surface area contributed by atoms with Crippen LogP contribution in [0.2, 0.25) is 5.02 Å². The van der Waals surface area contributed by atoms with E-state index >= 15 is 33.6 Å². The molecule has 49 heteroatoms. The second-order valence-electron chi connectivity index (χ2n) is 37.4. The zero-order valence-electron chi connectivity index (χ0n) is 83.2. The molecule has 7 rings (SSSR count). The predicted octanol–water partition coefficient (Wildman–Crippen LogP) is -1.94. The lowest BCUT2D eigenvalue weighted by molar-refractivity contribution is -0.148. The largest absolute Gasteiger partial charge is 0.481 e. The number of primary amides is 1. The average Bonchev–Trinajstić information content (AvgIpc) is 1.64. The number of aliphatic carboxylic acids is 2. The Morgan fingerprint density at radius 1 is 0.542 bits per heavy atom. The Morgan fingerprint density at radius 2 is 1.08 bits per heavy atom. The smallest absolute Gasteiger partial charge is 0.303 e. The molecule has 5 fully saturated rings. The van der Waals surface area contributed by atoms with E-state index in [2.05, 4.69) is 74.4 Å². The summed E-state index contributed by atoms with van der Waals surface area (Å²) in [6.07, 6.45) is 1.79. The number of hydrogen-bond donors (Lipinski definition) is 22. The van der Waals surface area contributed by atoms with Crippen molar-refractivity contribution in [2.24, 2.45) is 34.8 Å². The number of aliphatic hydroxyl groups is 1. The van der Waals surface area contributed by atoms with Gasteiger partial charge in [-0.3, -0.25) is 101 Å². The van der Waals surface area contributed by atoms with Crippen molar-refractivity contribution in [3.05, 3.63) is 70.7 Å². The van der Waals surface area contributed by atoms with Crippen molar-refractivity contribution in [1.29, 1.82) is 5.41 Å². The molecule has 5 saturated heterocycles. The van der Waals surface area contributed by atoms with Gasteiger partial charge in [-0.05, 0) is 184 Å². The first-order chi connectivity index (χ1) is 68.4. The number of aliphatic hydroxyl groups excluding tert-OH is 1. The molecule has 2 aromatic carbocycles. The Balaban J connectivity index is 0.00000777. The van der Waals surface area contributed by atoms with Crippen molar-refractivity contribution >= 4 is 157 Å². The van der Waals surface area contributed by atoms with Crippen LogP contribution in [0.5, 0.6) is 0 Å². The van der Waals surface area contributed by atoms with Gasteiger partial charge in [0.2, 0.25) is 106 Å². The topological polar surface area (TPSA) is 711 Å². The van der Waals surface area contributed by atoms with E-state index in [1.54, 1.807) is 82.3 Å². The third-order valence-electron chi connectivity index (χ3n) is 25.0. The van der Waals surface area contributed by atoms with E-state index in [1.165, 1.54) is 33.4 Å². The van der Waals surface area contributed by atoms with Gasteiger partial charge in [-0.2, -0.15) is 0 Å². The van der Waals surface area contributed by atoms with E-state index in [9.17, 15) is 67.7 Å². The molecule has 144 heavy (non-hydrogen) atoms. The predicted molar refractivity (Wildman–Crippen MR) is 535 cm³/mol. The monoisotopic (exact) mass is 2080 g/mol. The number of carboxylic acid groups (broad SMARTS) is 2. The van der Waals surface area contributed by atoms with Crippen molar-refractivity contribution in [3.8, 4) is 0 Å². The summed E-state index contributed by atoms with van der Waals surface area (Å²) in [5, 5.41) is 73.7. The number of guanidine groups is 1. The highest BCUT2D eigenvalue weighted by atomic mass is 35.5. The Morgan fingerprint density at radius 3 is 1.67 bits per heavy atom. The number of hydrogen-bond acceptors (Lipinski definition) is 26. The fourth-order valence-corrected chi connectivity index (χ4v) is 19.9. The molecule has 17 atom stereocenters. The number of carbonyl (C=O) groups excluding carboxylic acids is 18. The fourth-order valence-electron chi connectivity index (χ4n) is 17.5. The van der Waals surface area contributed by atoms with Crippen LogP contribution in [0.15, 0.2) is 54.6 Å². The fraction of sp³-hybridized carbons (Fsp3) is 0.653. The first kappa shape index (κ1) is 121. The molecule has 5 aliphatic heterocycles. The number of fused-ring (bicyclic) bond motifs is 1. The molecule has 0 saturated carbocycles. The minimum atomic E-state index is -1.84. The molecule has 800 valence electrons. The molecule has 2 aromatic rings. The number of carbonyl (C=O) groups is 20. The van der Waals surface area contributed by atoms with E-state index in [-0.39, 0.29) is 166 Å². The van der Waals surface area contributed by atoms with E-state index < -0.39 is 258 Å².